The number of hydrogen-bond acceptors (Lipinski definition) is 5. The molecule has 0 saturated heterocycles. The van der Waals surface area contributed by atoms with Gasteiger partial charge in [-0.1, -0.05) is 44.9 Å². The number of rotatable bonds is 14. The lowest BCUT2D eigenvalue weighted by atomic mass is 10.1. The van der Waals surface area contributed by atoms with E-state index in [1.807, 2.05) is 54.2 Å². The molecule has 2 aromatic rings. The van der Waals surface area contributed by atoms with Gasteiger partial charge in [0.25, 0.3) is 5.91 Å². The number of amides is 3. The number of halogens is 1. The second-order valence-corrected chi connectivity index (χ2v) is 9.57. The number of pyridine rings is 1. The van der Waals surface area contributed by atoms with Crippen molar-refractivity contribution in [1.82, 2.24) is 10.6 Å². The summed E-state index contributed by atoms with van der Waals surface area (Å²) < 4.78 is 13.1. The summed E-state index contributed by atoms with van der Waals surface area (Å²) in [6.07, 6.45) is 6.51. The Morgan fingerprint density at radius 2 is 1.76 bits per heavy atom. The molecule has 1 atom stereocenters. The van der Waals surface area contributed by atoms with Crippen molar-refractivity contribution in [1.29, 1.82) is 0 Å². The van der Waals surface area contributed by atoms with Gasteiger partial charge in [0.15, 0.2) is 12.4 Å². The fourth-order valence-corrected chi connectivity index (χ4v) is 4.13. The second kappa shape index (κ2) is 16.6. The normalized spacial score (nSPS) is 11.4. The van der Waals surface area contributed by atoms with Gasteiger partial charge < -0.3 is 25.0 Å². The average molecular weight is 579 g/mol. The number of alkyl carbamates (subject to hydrolysis) is 2. The number of unbranched alkanes of at least 4 members (excludes halogenated alkanes) is 1. The summed E-state index contributed by atoms with van der Waals surface area (Å²) in [7, 11) is 0. The van der Waals surface area contributed by atoms with Crippen molar-refractivity contribution in [3.8, 4) is 0 Å². The van der Waals surface area contributed by atoms with Crippen LogP contribution >= 0.6 is 15.9 Å². The molecular weight excluding hydrogens is 540 g/mol. The summed E-state index contributed by atoms with van der Waals surface area (Å²) in [6.45, 7) is 7.19. The molecule has 3 amide bonds. The molecule has 0 aliphatic heterocycles. The first-order valence-corrected chi connectivity index (χ1v) is 13.5. The number of ether oxygens (including phenoxy) is 2. The van der Waals surface area contributed by atoms with Gasteiger partial charge in [-0.15, -0.1) is 0 Å². The molecule has 1 unspecified atom stereocenters. The molecule has 2 rings (SSSR count). The molecule has 37 heavy (non-hydrogen) atoms. The Bertz CT molecular complexity index is 1010. The van der Waals surface area contributed by atoms with Crippen molar-refractivity contribution in [2.24, 2.45) is 0 Å². The van der Waals surface area contributed by atoms with Gasteiger partial charge in [-0.2, -0.15) is 0 Å². The molecule has 0 saturated carbocycles. The number of hydrogen-bond donors (Lipinski definition) is 2. The maximum absolute atomic E-state index is 13.4. The van der Waals surface area contributed by atoms with Crippen LogP contribution in [-0.4, -0.2) is 50.4 Å². The number of benzene rings is 1. The molecule has 202 valence electrons. The van der Waals surface area contributed by atoms with E-state index in [0.717, 1.165) is 36.7 Å². The third-order valence-electron chi connectivity index (χ3n) is 5.44. The van der Waals surface area contributed by atoms with Crippen LogP contribution < -0.4 is 20.1 Å². The Morgan fingerprint density at radius 1 is 1.03 bits per heavy atom. The fourth-order valence-electron chi connectivity index (χ4n) is 3.62. The standard InChI is InChI=1S/C27H37BrN4O5/c1-4-6-10-21(3)30-27(35)36-16-13-29-26(34)37-17-15-32(24-11-8-7-9-12-24)25(33)22-18-23(28)20-31(19-22)14-5-2/h7-9,11-12,18-21H,4-6,10,13-17H2,1-3H3,(H-,29,30,34,35)/p+1. The van der Waals surface area contributed by atoms with E-state index in [4.69, 9.17) is 9.47 Å². The Morgan fingerprint density at radius 3 is 2.46 bits per heavy atom. The van der Waals surface area contributed by atoms with Gasteiger partial charge in [0.2, 0.25) is 0 Å². The topological polar surface area (TPSA) is 101 Å². The number of nitrogens with one attached hydrogen (secondary N) is 2. The fraction of sp³-hybridized carbons (Fsp3) is 0.481. The minimum atomic E-state index is -0.649. The summed E-state index contributed by atoms with van der Waals surface area (Å²) in [4.78, 5) is 38.9. The SMILES string of the molecule is CCCCC(C)NC(=O)OCCNC(=O)OCCN(C(=O)c1cc(Br)c[n+](CCC)c1)c1ccccc1. The number of aromatic nitrogens is 1. The number of carbonyl (C=O) groups excluding carboxylic acids is 3. The summed E-state index contributed by atoms with van der Waals surface area (Å²) in [5.41, 5.74) is 1.22. The van der Waals surface area contributed by atoms with Crippen LogP contribution in [0.5, 0.6) is 0 Å². The van der Waals surface area contributed by atoms with Crippen LogP contribution in [0.15, 0.2) is 53.3 Å². The lowest BCUT2D eigenvalue weighted by molar-refractivity contribution is -0.697. The van der Waals surface area contributed by atoms with Crippen molar-refractivity contribution >= 4 is 39.7 Å². The van der Waals surface area contributed by atoms with Crippen LogP contribution in [0, 0.1) is 0 Å². The van der Waals surface area contributed by atoms with E-state index >= 15 is 0 Å². The van der Waals surface area contributed by atoms with Gasteiger partial charge in [0, 0.05) is 18.2 Å². The third-order valence-corrected chi connectivity index (χ3v) is 5.87. The molecule has 1 aromatic carbocycles. The molecular formula is C27H38BrN4O5+. The van der Waals surface area contributed by atoms with Crippen molar-refractivity contribution in [2.45, 2.75) is 59.0 Å². The zero-order chi connectivity index (χ0) is 27.0. The molecule has 9 nitrogen and oxygen atoms in total. The molecule has 0 spiro atoms. The van der Waals surface area contributed by atoms with E-state index in [9.17, 15) is 14.4 Å². The van der Waals surface area contributed by atoms with Crippen LogP contribution in [0.25, 0.3) is 0 Å². The molecule has 0 aliphatic rings. The molecule has 0 bridgehead atoms. The van der Waals surface area contributed by atoms with Crippen molar-refractivity contribution < 1.29 is 28.4 Å². The minimum absolute atomic E-state index is 0.00822. The Kier molecular flexibility index (Phi) is 13.5. The number of aryl methyl sites for hydroxylation is 1. The first-order valence-electron chi connectivity index (χ1n) is 12.7. The van der Waals surface area contributed by atoms with Crippen molar-refractivity contribution in [3.63, 3.8) is 0 Å². The smallest absolute Gasteiger partial charge is 0.407 e. The zero-order valence-corrected chi connectivity index (χ0v) is 23.5. The van der Waals surface area contributed by atoms with Gasteiger partial charge in [-0.05, 0) is 47.5 Å². The van der Waals surface area contributed by atoms with Crippen LogP contribution in [0.1, 0.15) is 56.8 Å². The highest BCUT2D eigenvalue weighted by molar-refractivity contribution is 9.10. The lowest BCUT2D eigenvalue weighted by Gasteiger charge is -2.22. The highest BCUT2D eigenvalue weighted by Crippen LogP contribution is 2.18. The number of anilines is 1. The predicted molar refractivity (Wildman–Crippen MR) is 146 cm³/mol. The second-order valence-electron chi connectivity index (χ2n) is 8.66. The lowest BCUT2D eigenvalue weighted by Crippen LogP contribution is -2.39. The molecule has 0 aliphatic carbocycles. The molecule has 10 heteroatoms. The molecule has 0 fully saturated rings. The zero-order valence-electron chi connectivity index (χ0n) is 21.9. The predicted octanol–water partition coefficient (Wildman–Crippen LogP) is 4.82. The van der Waals surface area contributed by atoms with Gasteiger partial charge in [0.05, 0.1) is 17.6 Å². The number of nitrogens with zero attached hydrogens (tertiary/aromatic N) is 2. The summed E-state index contributed by atoms with van der Waals surface area (Å²) >= 11 is 3.48. The number of carbonyl (C=O) groups is 3. The van der Waals surface area contributed by atoms with E-state index in [1.54, 1.807) is 11.0 Å². The highest BCUT2D eigenvalue weighted by atomic mass is 79.9. The largest absolute Gasteiger partial charge is 0.448 e. The van der Waals surface area contributed by atoms with Crippen LogP contribution in [0.4, 0.5) is 15.3 Å². The Labute approximate surface area is 227 Å². The minimum Gasteiger partial charge on any atom is -0.448 e. The molecule has 1 aromatic heterocycles. The summed E-state index contributed by atoms with van der Waals surface area (Å²) in [6, 6.07) is 11.1. The summed E-state index contributed by atoms with van der Waals surface area (Å²) in [5.74, 6) is -0.200. The quantitative estimate of drug-likeness (QED) is 0.247. The first kappa shape index (κ1) is 30.1. The molecule has 1 heterocycles. The molecule has 0 radical (unpaired) electrons. The van der Waals surface area contributed by atoms with E-state index < -0.39 is 12.2 Å². The van der Waals surface area contributed by atoms with Gasteiger partial charge >= 0.3 is 12.2 Å². The first-order chi connectivity index (χ1) is 17.8. The van der Waals surface area contributed by atoms with Gasteiger partial charge in [-0.3, -0.25) is 4.79 Å². The monoisotopic (exact) mass is 577 g/mol. The van der Waals surface area contributed by atoms with Gasteiger partial charge in [0.1, 0.15) is 25.3 Å². The number of para-hydroxylation sites is 1. The summed E-state index contributed by atoms with van der Waals surface area (Å²) in [5, 5.41) is 5.31. The maximum atomic E-state index is 13.4. The van der Waals surface area contributed by atoms with E-state index in [1.165, 1.54) is 0 Å². The maximum Gasteiger partial charge on any atom is 0.407 e. The average Bonchev–Trinajstić information content (AvgIpc) is 2.88. The Balaban J connectivity index is 1.85. The van der Waals surface area contributed by atoms with Crippen LogP contribution in [-0.2, 0) is 16.0 Å². The van der Waals surface area contributed by atoms with E-state index in [0.29, 0.717) is 11.3 Å². The molecule has 2 N–H and O–H groups in total. The van der Waals surface area contributed by atoms with Crippen molar-refractivity contribution in [2.75, 3.05) is 31.2 Å². The van der Waals surface area contributed by atoms with Crippen LogP contribution in [0.3, 0.4) is 0 Å². The van der Waals surface area contributed by atoms with Crippen LogP contribution in [0.2, 0.25) is 0 Å². The highest BCUT2D eigenvalue weighted by Gasteiger charge is 2.21. The van der Waals surface area contributed by atoms with E-state index in [-0.39, 0.29) is 38.3 Å². The van der Waals surface area contributed by atoms with Crippen molar-refractivity contribution in [3.05, 3.63) is 58.8 Å². The van der Waals surface area contributed by atoms with Gasteiger partial charge in [-0.25, -0.2) is 14.2 Å². The third kappa shape index (κ3) is 11.2. The Hall–Kier alpha value is -3.14. The van der Waals surface area contributed by atoms with E-state index in [2.05, 4.69) is 40.4 Å².